The van der Waals surface area contributed by atoms with E-state index < -0.39 is 0 Å². The van der Waals surface area contributed by atoms with Crippen LogP contribution in [0.3, 0.4) is 0 Å². The van der Waals surface area contributed by atoms with Gasteiger partial charge >= 0.3 is 0 Å². The maximum absolute atomic E-state index is 5.71. The molecule has 1 unspecified atom stereocenters. The van der Waals surface area contributed by atoms with Gasteiger partial charge in [-0.1, -0.05) is 19.9 Å². The van der Waals surface area contributed by atoms with E-state index in [4.69, 9.17) is 10.6 Å². The molecule has 136 valence electrons. The van der Waals surface area contributed by atoms with Crippen molar-refractivity contribution < 1.29 is 4.74 Å². The highest BCUT2D eigenvalue weighted by molar-refractivity contribution is 6.38. The van der Waals surface area contributed by atoms with E-state index in [9.17, 15) is 0 Å². The van der Waals surface area contributed by atoms with Crippen LogP contribution in [0.4, 0.5) is 5.69 Å². The van der Waals surface area contributed by atoms with E-state index in [1.807, 2.05) is 0 Å². The van der Waals surface area contributed by atoms with Gasteiger partial charge in [-0.15, -0.1) is 0 Å². The van der Waals surface area contributed by atoms with E-state index in [1.165, 1.54) is 17.7 Å². The van der Waals surface area contributed by atoms with Crippen molar-refractivity contribution in [3.05, 3.63) is 29.3 Å². The molecule has 0 spiro atoms. The van der Waals surface area contributed by atoms with Gasteiger partial charge in [-0.05, 0) is 49.3 Å². The predicted octanol–water partition coefficient (Wildman–Crippen LogP) is 3.14. The number of hydrogen-bond donors (Lipinski definition) is 1. The zero-order valence-corrected chi connectivity index (χ0v) is 15.7. The molecule has 0 radical (unpaired) electrons. The summed E-state index contributed by atoms with van der Waals surface area (Å²) in [4.78, 5) is 6.92. The van der Waals surface area contributed by atoms with E-state index in [0.717, 1.165) is 43.8 Å². The Balaban J connectivity index is 1.64. The second kappa shape index (κ2) is 7.56. The number of hydrogen-bond acceptors (Lipinski definition) is 5. The molecule has 0 bridgehead atoms. The van der Waals surface area contributed by atoms with Gasteiger partial charge in [0.15, 0.2) is 0 Å². The van der Waals surface area contributed by atoms with Crippen LogP contribution in [0.5, 0.6) is 0 Å². The third-order valence-electron chi connectivity index (χ3n) is 5.02. The molecule has 2 N–H and O–H groups in total. The zero-order chi connectivity index (χ0) is 17.9. The van der Waals surface area contributed by atoms with Gasteiger partial charge in [0.2, 0.25) is 0 Å². The minimum absolute atomic E-state index is 0.238. The van der Waals surface area contributed by atoms with Gasteiger partial charge in [0, 0.05) is 37.2 Å². The van der Waals surface area contributed by atoms with Crippen molar-refractivity contribution in [3.8, 4) is 0 Å². The van der Waals surface area contributed by atoms with Crippen molar-refractivity contribution in [3.63, 3.8) is 0 Å². The molecule has 0 aliphatic carbocycles. The van der Waals surface area contributed by atoms with Crippen molar-refractivity contribution >= 4 is 17.6 Å². The fourth-order valence-corrected chi connectivity index (χ4v) is 3.68. The van der Waals surface area contributed by atoms with Crippen LogP contribution in [0.25, 0.3) is 0 Å². The second-order valence-corrected chi connectivity index (χ2v) is 8.02. The van der Waals surface area contributed by atoms with E-state index in [2.05, 4.69) is 54.0 Å². The molecule has 1 aromatic carbocycles. The Morgan fingerprint density at radius 1 is 1.36 bits per heavy atom. The summed E-state index contributed by atoms with van der Waals surface area (Å²) in [5.74, 6) is 5.62. The number of benzene rings is 1. The summed E-state index contributed by atoms with van der Waals surface area (Å²) in [5, 5.41) is 3.95. The fraction of sp³-hybridized carbons (Fsp3) is 0.600. The third-order valence-corrected chi connectivity index (χ3v) is 5.02. The maximum atomic E-state index is 5.71. The lowest BCUT2D eigenvalue weighted by atomic mass is 9.84. The molecule has 2 aliphatic rings. The van der Waals surface area contributed by atoms with Gasteiger partial charge in [-0.25, -0.2) is 0 Å². The second-order valence-electron chi connectivity index (χ2n) is 8.02. The van der Waals surface area contributed by atoms with Crippen molar-refractivity contribution in [2.75, 3.05) is 31.1 Å². The maximum Gasteiger partial charge on any atom is 0.108 e. The number of anilines is 1. The van der Waals surface area contributed by atoms with Gasteiger partial charge in [0.05, 0.1) is 12.6 Å². The Hall–Kier alpha value is -1.88. The smallest absolute Gasteiger partial charge is 0.108 e. The molecule has 0 amide bonds. The highest BCUT2D eigenvalue weighted by Crippen LogP contribution is 2.34. The minimum Gasteiger partial charge on any atom is -0.376 e. The number of aliphatic imine (C=N–C) groups is 1. The summed E-state index contributed by atoms with van der Waals surface area (Å²) < 4.78 is 5.71. The standard InChI is InChI=1S/C20H30N4O/c1-15-10-16(24-13-20(2,3)14-24)7-8-18(15)19(23-21)12-22-11-17-6-4-5-9-25-17/h7-8,10,12,17H,4-6,9,11,13-14,21H2,1-3H3/b22-12?,23-19+. The molecular formula is C20H30N4O. The van der Waals surface area contributed by atoms with E-state index in [1.54, 1.807) is 6.21 Å². The molecule has 0 aromatic heterocycles. The average molecular weight is 342 g/mol. The molecule has 2 heterocycles. The molecule has 2 fully saturated rings. The van der Waals surface area contributed by atoms with Gasteiger partial charge in [0.25, 0.3) is 0 Å². The van der Waals surface area contributed by atoms with Crippen LogP contribution in [0, 0.1) is 12.3 Å². The van der Waals surface area contributed by atoms with Crippen molar-refractivity contribution in [2.45, 2.75) is 46.1 Å². The van der Waals surface area contributed by atoms with Crippen LogP contribution in [-0.2, 0) is 4.74 Å². The van der Waals surface area contributed by atoms with Crippen LogP contribution in [0.15, 0.2) is 28.3 Å². The van der Waals surface area contributed by atoms with Gasteiger partial charge in [-0.2, -0.15) is 5.10 Å². The Kier molecular flexibility index (Phi) is 5.42. The van der Waals surface area contributed by atoms with Crippen LogP contribution in [0.1, 0.15) is 44.2 Å². The normalized spacial score (nSPS) is 23.7. The van der Waals surface area contributed by atoms with Crippen LogP contribution < -0.4 is 10.7 Å². The predicted molar refractivity (Wildman–Crippen MR) is 105 cm³/mol. The summed E-state index contributed by atoms with van der Waals surface area (Å²) in [7, 11) is 0. The monoisotopic (exact) mass is 342 g/mol. The highest BCUT2D eigenvalue weighted by atomic mass is 16.5. The first-order chi connectivity index (χ1) is 12.0. The number of nitrogens with two attached hydrogens (primary N) is 1. The third kappa shape index (κ3) is 4.40. The number of ether oxygens (including phenoxy) is 1. The molecule has 5 nitrogen and oxygen atoms in total. The topological polar surface area (TPSA) is 63.2 Å². The lowest BCUT2D eigenvalue weighted by Gasteiger charge is -2.47. The first kappa shape index (κ1) is 17.9. The summed E-state index contributed by atoms with van der Waals surface area (Å²) >= 11 is 0. The Labute approximate surface area is 151 Å². The van der Waals surface area contributed by atoms with Crippen molar-refractivity contribution in [1.29, 1.82) is 0 Å². The molecule has 0 saturated carbocycles. The first-order valence-corrected chi connectivity index (χ1v) is 9.24. The van der Waals surface area contributed by atoms with Crippen molar-refractivity contribution in [2.24, 2.45) is 21.4 Å². The molecule has 25 heavy (non-hydrogen) atoms. The van der Waals surface area contributed by atoms with Crippen LogP contribution >= 0.6 is 0 Å². The number of hydrazone groups is 1. The van der Waals surface area contributed by atoms with E-state index >= 15 is 0 Å². The fourth-order valence-electron chi connectivity index (χ4n) is 3.68. The van der Waals surface area contributed by atoms with Crippen molar-refractivity contribution in [1.82, 2.24) is 0 Å². The quantitative estimate of drug-likeness (QED) is 0.508. The summed E-state index contributed by atoms with van der Waals surface area (Å²) in [6.45, 7) is 10.4. The zero-order valence-electron chi connectivity index (χ0n) is 15.7. The molecular weight excluding hydrogens is 312 g/mol. The number of nitrogens with zero attached hydrogens (tertiary/aromatic N) is 3. The summed E-state index contributed by atoms with van der Waals surface area (Å²) in [6.07, 6.45) is 5.50. The van der Waals surface area contributed by atoms with Gasteiger partial charge < -0.3 is 15.5 Å². The van der Waals surface area contributed by atoms with E-state index in [-0.39, 0.29) is 6.10 Å². The SMILES string of the molecule is Cc1cc(N2CC(C)(C)C2)ccc1/C(C=NCC1CCCCO1)=N/N. The van der Waals surface area contributed by atoms with E-state index in [0.29, 0.717) is 12.0 Å². The highest BCUT2D eigenvalue weighted by Gasteiger charge is 2.34. The molecule has 2 saturated heterocycles. The minimum atomic E-state index is 0.238. The Bertz CT molecular complexity index is 652. The molecule has 1 aromatic rings. The van der Waals surface area contributed by atoms with Crippen LogP contribution in [-0.4, -0.2) is 44.3 Å². The lowest BCUT2D eigenvalue weighted by Crippen LogP contribution is -2.53. The van der Waals surface area contributed by atoms with Crippen LogP contribution in [0.2, 0.25) is 0 Å². The number of rotatable bonds is 5. The summed E-state index contributed by atoms with van der Waals surface area (Å²) in [6, 6.07) is 6.47. The lowest BCUT2D eigenvalue weighted by molar-refractivity contribution is 0.0226. The summed E-state index contributed by atoms with van der Waals surface area (Å²) in [5.41, 5.74) is 4.63. The molecule has 2 aliphatic heterocycles. The molecule has 1 atom stereocenters. The molecule has 3 rings (SSSR count). The average Bonchev–Trinajstić information content (AvgIpc) is 2.58. The first-order valence-electron chi connectivity index (χ1n) is 9.24. The largest absolute Gasteiger partial charge is 0.376 e. The van der Waals surface area contributed by atoms with Gasteiger partial charge in [-0.3, -0.25) is 4.99 Å². The van der Waals surface area contributed by atoms with Gasteiger partial charge in [0.1, 0.15) is 5.71 Å². The molecule has 5 heteroatoms. The number of aryl methyl sites for hydroxylation is 1. The Morgan fingerprint density at radius 3 is 2.76 bits per heavy atom. The Morgan fingerprint density at radius 2 is 2.16 bits per heavy atom.